The number of hydrogen-bond donors (Lipinski definition) is 0. The summed E-state index contributed by atoms with van der Waals surface area (Å²) in [6, 6.07) is 26.1. The Morgan fingerprint density at radius 2 is 1.72 bits per heavy atom. The maximum Gasteiger partial charge on any atom is 0.279 e. The van der Waals surface area contributed by atoms with Gasteiger partial charge in [0.2, 0.25) is 0 Å². The summed E-state index contributed by atoms with van der Waals surface area (Å²) in [4.78, 5) is 2.19. The molecule has 5 heteroatoms. The van der Waals surface area contributed by atoms with E-state index >= 15 is 0 Å². The quantitative estimate of drug-likeness (QED) is 0.449. The fraction of sp³-hybridized carbons (Fsp3) is 0.185. The highest BCUT2D eigenvalue weighted by Gasteiger charge is 2.42. The van der Waals surface area contributed by atoms with Crippen molar-refractivity contribution < 1.29 is 13.8 Å². The SMILES string of the molecule is O=P1(CC2c3ccccc3OCN2c2ccccc2)OC2=C(C=CCC2)c2ccccc21. The Bertz CT molecular complexity index is 1280. The van der Waals surface area contributed by atoms with Crippen molar-refractivity contribution in [3.05, 3.63) is 108 Å². The molecule has 0 bridgehead atoms. The minimum atomic E-state index is -3.16. The molecular formula is C27H24NO3P. The van der Waals surface area contributed by atoms with E-state index in [9.17, 15) is 4.57 Å². The van der Waals surface area contributed by atoms with Crippen molar-refractivity contribution in [2.45, 2.75) is 18.9 Å². The van der Waals surface area contributed by atoms with E-state index in [0.29, 0.717) is 12.9 Å². The zero-order valence-corrected chi connectivity index (χ0v) is 18.6. The lowest BCUT2D eigenvalue weighted by atomic mass is 9.98. The predicted octanol–water partition coefficient (Wildman–Crippen LogP) is 6.28. The zero-order valence-electron chi connectivity index (χ0n) is 17.7. The minimum Gasteiger partial charge on any atom is -0.473 e. The molecule has 6 rings (SSSR count). The maximum absolute atomic E-state index is 14.6. The number of benzene rings is 3. The van der Waals surface area contributed by atoms with Gasteiger partial charge in [0.25, 0.3) is 7.37 Å². The van der Waals surface area contributed by atoms with E-state index < -0.39 is 7.37 Å². The topological polar surface area (TPSA) is 38.8 Å². The third-order valence-electron chi connectivity index (χ3n) is 6.46. The zero-order chi connectivity index (χ0) is 21.5. The van der Waals surface area contributed by atoms with Crippen LogP contribution in [0.2, 0.25) is 0 Å². The standard InChI is InChI=1S/C27H24NO3P/c29-32(27-17-9-6-13-22(27)21-12-4-8-16-26(21)31-32)18-24-23-14-5-7-15-25(23)30-19-28(24)20-10-2-1-3-11-20/h1-7,9-15,17,24H,8,16,18-19H2. The van der Waals surface area contributed by atoms with Crippen molar-refractivity contribution >= 4 is 23.9 Å². The molecule has 0 radical (unpaired) electrons. The lowest BCUT2D eigenvalue weighted by Gasteiger charge is -2.41. The number of allylic oxidation sites excluding steroid dienone is 4. The predicted molar refractivity (Wildman–Crippen MR) is 129 cm³/mol. The third kappa shape index (κ3) is 3.18. The Kier molecular flexibility index (Phi) is 4.69. The molecule has 4 nitrogen and oxygen atoms in total. The Labute approximate surface area is 188 Å². The third-order valence-corrected chi connectivity index (χ3v) is 8.92. The minimum absolute atomic E-state index is 0.123. The van der Waals surface area contributed by atoms with Crippen LogP contribution in [-0.4, -0.2) is 12.9 Å². The summed E-state index contributed by atoms with van der Waals surface area (Å²) in [7, 11) is -3.16. The molecule has 32 heavy (non-hydrogen) atoms. The van der Waals surface area contributed by atoms with Gasteiger partial charge in [0.05, 0.1) is 17.5 Å². The van der Waals surface area contributed by atoms with Crippen molar-refractivity contribution in [3.8, 4) is 5.75 Å². The molecule has 1 aliphatic carbocycles. The van der Waals surface area contributed by atoms with Gasteiger partial charge in [0, 0.05) is 23.2 Å². The normalized spacial score (nSPS) is 23.5. The van der Waals surface area contributed by atoms with E-state index in [2.05, 4.69) is 41.3 Å². The average molecular weight is 441 g/mol. The van der Waals surface area contributed by atoms with Gasteiger partial charge in [-0.3, -0.25) is 4.57 Å². The molecule has 3 aromatic rings. The average Bonchev–Trinajstić information content (AvgIpc) is 2.85. The highest BCUT2D eigenvalue weighted by atomic mass is 31.2. The fourth-order valence-electron chi connectivity index (χ4n) is 4.92. The highest BCUT2D eigenvalue weighted by molar-refractivity contribution is 7.67. The number of anilines is 1. The Morgan fingerprint density at radius 1 is 0.938 bits per heavy atom. The van der Waals surface area contributed by atoms with E-state index in [-0.39, 0.29) is 6.04 Å². The van der Waals surface area contributed by atoms with Crippen LogP contribution in [0.15, 0.2) is 96.8 Å². The molecule has 0 N–H and O–H groups in total. The molecule has 2 heterocycles. The fourth-order valence-corrected chi connectivity index (χ4v) is 7.56. The molecule has 0 saturated carbocycles. The molecule has 0 aromatic heterocycles. The number of nitrogens with zero attached hydrogens (tertiary/aromatic N) is 1. The Morgan fingerprint density at radius 3 is 2.62 bits per heavy atom. The van der Waals surface area contributed by atoms with E-state index in [4.69, 9.17) is 9.26 Å². The van der Waals surface area contributed by atoms with Crippen LogP contribution in [0.5, 0.6) is 5.75 Å². The lowest BCUT2D eigenvalue weighted by molar-refractivity contribution is 0.272. The first-order valence-corrected chi connectivity index (χ1v) is 12.9. The van der Waals surface area contributed by atoms with Gasteiger partial charge in [-0.15, -0.1) is 0 Å². The smallest absolute Gasteiger partial charge is 0.279 e. The number of fused-ring (bicyclic) bond motifs is 3. The molecule has 0 amide bonds. The molecule has 3 aliphatic rings. The van der Waals surface area contributed by atoms with Crippen molar-refractivity contribution in [2.75, 3.05) is 17.8 Å². The van der Waals surface area contributed by atoms with Gasteiger partial charge in [0.15, 0.2) is 6.73 Å². The molecule has 2 atom stereocenters. The second-order valence-corrected chi connectivity index (χ2v) is 10.8. The van der Waals surface area contributed by atoms with Crippen LogP contribution in [0, 0.1) is 0 Å². The summed E-state index contributed by atoms with van der Waals surface area (Å²) in [6.07, 6.45) is 6.37. The number of hydrogen-bond acceptors (Lipinski definition) is 4. The highest BCUT2D eigenvalue weighted by Crippen LogP contribution is 2.58. The first-order chi connectivity index (χ1) is 15.7. The van der Waals surface area contributed by atoms with Crippen LogP contribution in [0.25, 0.3) is 5.57 Å². The van der Waals surface area contributed by atoms with Gasteiger partial charge >= 0.3 is 0 Å². The molecule has 2 unspecified atom stereocenters. The van der Waals surface area contributed by atoms with Crippen LogP contribution in [0.3, 0.4) is 0 Å². The van der Waals surface area contributed by atoms with Crippen LogP contribution >= 0.6 is 7.37 Å². The molecule has 0 fully saturated rings. The summed E-state index contributed by atoms with van der Waals surface area (Å²) < 4.78 is 27.1. The van der Waals surface area contributed by atoms with Gasteiger partial charge in [-0.2, -0.15) is 0 Å². The molecular weight excluding hydrogens is 417 g/mol. The first kappa shape index (κ1) is 19.5. The molecule has 0 spiro atoms. The summed E-state index contributed by atoms with van der Waals surface area (Å²) in [6.45, 7) is 0.407. The van der Waals surface area contributed by atoms with E-state index in [1.807, 2.05) is 54.6 Å². The van der Waals surface area contributed by atoms with Crippen molar-refractivity contribution in [3.63, 3.8) is 0 Å². The van der Waals surface area contributed by atoms with E-state index in [0.717, 1.165) is 52.0 Å². The molecule has 3 aromatic carbocycles. The lowest BCUT2D eigenvalue weighted by Crippen LogP contribution is -2.39. The van der Waals surface area contributed by atoms with Gasteiger partial charge in [0.1, 0.15) is 11.5 Å². The molecule has 160 valence electrons. The van der Waals surface area contributed by atoms with Crippen molar-refractivity contribution in [2.24, 2.45) is 0 Å². The summed E-state index contributed by atoms with van der Waals surface area (Å²) in [5.41, 5.74) is 4.21. The first-order valence-electron chi connectivity index (χ1n) is 11.0. The van der Waals surface area contributed by atoms with Crippen LogP contribution in [0.1, 0.15) is 30.0 Å². The van der Waals surface area contributed by atoms with Crippen LogP contribution in [0.4, 0.5) is 5.69 Å². The number of ether oxygens (including phenoxy) is 1. The van der Waals surface area contributed by atoms with Crippen LogP contribution in [-0.2, 0) is 9.09 Å². The maximum atomic E-state index is 14.6. The van der Waals surface area contributed by atoms with Crippen molar-refractivity contribution in [1.82, 2.24) is 0 Å². The van der Waals surface area contributed by atoms with Gasteiger partial charge in [-0.05, 0) is 36.2 Å². The largest absolute Gasteiger partial charge is 0.473 e. The van der Waals surface area contributed by atoms with E-state index in [1.54, 1.807) is 0 Å². The number of para-hydroxylation sites is 2. The monoisotopic (exact) mass is 441 g/mol. The second kappa shape index (κ2) is 7.72. The van der Waals surface area contributed by atoms with Crippen molar-refractivity contribution in [1.29, 1.82) is 0 Å². The van der Waals surface area contributed by atoms with Gasteiger partial charge < -0.3 is 14.2 Å². The molecule has 0 saturated heterocycles. The van der Waals surface area contributed by atoms with Gasteiger partial charge in [-0.1, -0.05) is 66.7 Å². The molecule has 2 aliphatic heterocycles. The summed E-state index contributed by atoms with van der Waals surface area (Å²) in [5, 5.41) is 0.822. The number of rotatable bonds is 3. The Hall–Kier alpha value is -3.23. The summed E-state index contributed by atoms with van der Waals surface area (Å²) >= 11 is 0. The van der Waals surface area contributed by atoms with Gasteiger partial charge in [-0.25, -0.2) is 0 Å². The van der Waals surface area contributed by atoms with E-state index in [1.165, 1.54) is 0 Å². The van der Waals surface area contributed by atoms with Crippen LogP contribution < -0.4 is 14.9 Å². The summed E-state index contributed by atoms with van der Waals surface area (Å²) in [5.74, 6) is 1.71. The Balaban J connectivity index is 1.46. The second-order valence-electron chi connectivity index (χ2n) is 8.37.